The van der Waals surface area contributed by atoms with E-state index in [9.17, 15) is 4.79 Å². The molecule has 3 aliphatic heterocycles. The molecule has 0 saturated carbocycles. The lowest BCUT2D eigenvalue weighted by Gasteiger charge is -2.29. The van der Waals surface area contributed by atoms with Gasteiger partial charge in [-0.1, -0.05) is 35.3 Å². The molecule has 0 aliphatic carbocycles. The molecule has 0 unspecified atom stereocenters. The van der Waals surface area contributed by atoms with Crippen LogP contribution in [0.25, 0.3) is 6.08 Å². The van der Waals surface area contributed by atoms with Crippen molar-refractivity contribution in [2.24, 2.45) is 0 Å². The van der Waals surface area contributed by atoms with Crippen LogP contribution in [0.2, 0.25) is 10.0 Å². The van der Waals surface area contributed by atoms with Gasteiger partial charge in [0, 0.05) is 34.3 Å². The lowest BCUT2D eigenvalue weighted by molar-refractivity contribution is -0.0165. The van der Waals surface area contributed by atoms with E-state index in [1.165, 1.54) is 0 Å². The zero-order chi connectivity index (χ0) is 23.2. The number of carbonyl (C=O) groups is 1. The van der Waals surface area contributed by atoms with Gasteiger partial charge in [-0.3, -0.25) is 9.69 Å². The molecule has 0 saturated heterocycles. The third-order valence-corrected chi connectivity index (χ3v) is 6.46. The third-order valence-electron chi connectivity index (χ3n) is 5.99. The van der Waals surface area contributed by atoms with Crippen molar-refractivity contribution in [2.45, 2.75) is 19.7 Å². The smallest absolute Gasteiger partial charge is 0.231 e. The van der Waals surface area contributed by atoms with E-state index in [0.29, 0.717) is 59.1 Å². The van der Waals surface area contributed by atoms with Gasteiger partial charge in [0.2, 0.25) is 5.78 Å². The van der Waals surface area contributed by atoms with Crippen molar-refractivity contribution in [2.75, 3.05) is 13.5 Å². The molecule has 0 aromatic heterocycles. The van der Waals surface area contributed by atoms with Crippen LogP contribution in [0.3, 0.4) is 0 Å². The number of fused-ring (bicyclic) bond motifs is 4. The number of carbonyl (C=O) groups excluding carboxylic acids is 1. The maximum Gasteiger partial charge on any atom is 0.231 e. The standard InChI is InChI=1S/C26H19Cl2NO5/c27-18-3-1-15(2-4-18)10-29-11-21-22(32-13-29)6-5-20-24(30)23(34-26(20)21)9-16-7-19(28)8-17-12-31-14-33-25(16)17/h1-9H,10-14H2/b23-9-. The predicted octanol–water partition coefficient (Wildman–Crippen LogP) is 5.83. The van der Waals surface area contributed by atoms with Crippen LogP contribution in [-0.4, -0.2) is 24.2 Å². The second kappa shape index (κ2) is 8.64. The molecule has 6 nitrogen and oxygen atoms in total. The molecule has 0 atom stereocenters. The average Bonchev–Trinajstić information content (AvgIpc) is 3.16. The molecule has 3 aromatic carbocycles. The minimum atomic E-state index is -0.187. The van der Waals surface area contributed by atoms with E-state index in [-0.39, 0.29) is 18.3 Å². The summed E-state index contributed by atoms with van der Waals surface area (Å²) in [5.41, 5.74) is 4.00. The van der Waals surface area contributed by atoms with Gasteiger partial charge < -0.3 is 18.9 Å². The summed E-state index contributed by atoms with van der Waals surface area (Å²) < 4.78 is 23.1. The first-order valence-electron chi connectivity index (χ1n) is 10.8. The summed E-state index contributed by atoms with van der Waals surface area (Å²) in [6.45, 7) is 2.27. The van der Waals surface area contributed by atoms with Gasteiger partial charge in [-0.25, -0.2) is 0 Å². The fourth-order valence-electron chi connectivity index (χ4n) is 4.41. The summed E-state index contributed by atoms with van der Waals surface area (Å²) >= 11 is 12.3. The van der Waals surface area contributed by atoms with E-state index >= 15 is 0 Å². The van der Waals surface area contributed by atoms with Gasteiger partial charge in [0.1, 0.15) is 24.0 Å². The number of allylic oxidation sites excluding steroid dienone is 1. The Morgan fingerprint density at radius 3 is 2.68 bits per heavy atom. The second-order valence-corrected chi connectivity index (χ2v) is 9.21. The molecule has 0 N–H and O–H groups in total. The van der Waals surface area contributed by atoms with E-state index in [4.69, 9.17) is 42.1 Å². The molecule has 0 fully saturated rings. The summed E-state index contributed by atoms with van der Waals surface area (Å²) in [5.74, 6) is 1.94. The molecule has 0 amide bonds. The molecule has 3 aliphatic rings. The van der Waals surface area contributed by atoms with Crippen molar-refractivity contribution in [3.63, 3.8) is 0 Å². The van der Waals surface area contributed by atoms with E-state index in [0.717, 1.165) is 22.4 Å². The minimum absolute atomic E-state index is 0.147. The van der Waals surface area contributed by atoms with Crippen LogP contribution in [0.5, 0.6) is 17.2 Å². The van der Waals surface area contributed by atoms with Gasteiger partial charge in [-0.05, 0) is 48.0 Å². The number of rotatable bonds is 3. The van der Waals surface area contributed by atoms with Crippen molar-refractivity contribution in [3.05, 3.63) is 92.2 Å². The van der Waals surface area contributed by atoms with E-state index in [2.05, 4.69) is 4.90 Å². The second-order valence-electron chi connectivity index (χ2n) is 8.34. The largest absolute Gasteiger partial charge is 0.478 e. The highest BCUT2D eigenvalue weighted by Gasteiger charge is 2.34. The van der Waals surface area contributed by atoms with Crippen LogP contribution < -0.4 is 14.2 Å². The summed E-state index contributed by atoms with van der Waals surface area (Å²) in [5, 5.41) is 1.23. The van der Waals surface area contributed by atoms with Gasteiger partial charge >= 0.3 is 0 Å². The number of hydrogen-bond acceptors (Lipinski definition) is 6. The van der Waals surface area contributed by atoms with Crippen LogP contribution in [0.4, 0.5) is 0 Å². The highest BCUT2D eigenvalue weighted by molar-refractivity contribution is 6.31. The van der Waals surface area contributed by atoms with Crippen molar-refractivity contribution in [3.8, 4) is 17.2 Å². The van der Waals surface area contributed by atoms with Crippen molar-refractivity contribution in [1.82, 2.24) is 4.90 Å². The number of hydrogen-bond donors (Lipinski definition) is 0. The normalized spacial score (nSPS) is 17.9. The quantitative estimate of drug-likeness (QED) is 0.426. The molecule has 34 heavy (non-hydrogen) atoms. The van der Waals surface area contributed by atoms with E-state index in [1.807, 2.05) is 30.3 Å². The predicted molar refractivity (Wildman–Crippen MR) is 127 cm³/mol. The maximum absolute atomic E-state index is 13.2. The van der Waals surface area contributed by atoms with Gasteiger partial charge in [0.25, 0.3) is 0 Å². The van der Waals surface area contributed by atoms with Gasteiger partial charge in [-0.2, -0.15) is 0 Å². The number of Topliss-reactive ketones (excluding diaryl/α,β-unsaturated/α-hetero) is 1. The molecule has 172 valence electrons. The van der Waals surface area contributed by atoms with E-state index in [1.54, 1.807) is 24.3 Å². The molecule has 0 radical (unpaired) electrons. The Bertz CT molecular complexity index is 1340. The topological polar surface area (TPSA) is 57.2 Å². The molecular weight excluding hydrogens is 477 g/mol. The highest BCUT2D eigenvalue weighted by atomic mass is 35.5. The van der Waals surface area contributed by atoms with Crippen molar-refractivity contribution < 1.29 is 23.7 Å². The van der Waals surface area contributed by atoms with Gasteiger partial charge in [0.15, 0.2) is 12.6 Å². The van der Waals surface area contributed by atoms with Gasteiger partial charge in [0.05, 0.1) is 17.7 Å². The highest BCUT2D eigenvalue weighted by Crippen LogP contribution is 2.43. The van der Waals surface area contributed by atoms with Gasteiger partial charge in [-0.15, -0.1) is 0 Å². The number of ether oxygens (including phenoxy) is 4. The Labute approximate surface area is 206 Å². The molecule has 0 spiro atoms. The van der Waals surface area contributed by atoms with Crippen LogP contribution >= 0.6 is 23.2 Å². The third kappa shape index (κ3) is 3.93. The lowest BCUT2D eigenvalue weighted by atomic mass is 10.0. The zero-order valence-corrected chi connectivity index (χ0v) is 19.5. The van der Waals surface area contributed by atoms with Crippen LogP contribution in [-0.2, 0) is 24.4 Å². The minimum Gasteiger partial charge on any atom is -0.478 e. The summed E-state index contributed by atoms with van der Waals surface area (Å²) in [6, 6.07) is 14.9. The summed E-state index contributed by atoms with van der Waals surface area (Å²) in [6.07, 6.45) is 1.68. The first-order valence-corrected chi connectivity index (χ1v) is 11.5. The molecule has 6 rings (SSSR count). The molecule has 0 bridgehead atoms. The maximum atomic E-state index is 13.2. The van der Waals surface area contributed by atoms with Crippen LogP contribution in [0.1, 0.15) is 32.6 Å². The number of ketones is 1. The Balaban J connectivity index is 1.30. The molecule has 8 heteroatoms. The molecule has 3 aromatic rings. The monoisotopic (exact) mass is 495 g/mol. The first-order chi connectivity index (χ1) is 16.5. The van der Waals surface area contributed by atoms with Crippen molar-refractivity contribution >= 4 is 35.1 Å². The number of nitrogens with zero attached hydrogens (tertiary/aromatic N) is 1. The fourth-order valence-corrected chi connectivity index (χ4v) is 4.79. The average molecular weight is 496 g/mol. The summed E-state index contributed by atoms with van der Waals surface area (Å²) in [7, 11) is 0. The van der Waals surface area contributed by atoms with E-state index < -0.39 is 0 Å². The Morgan fingerprint density at radius 2 is 1.82 bits per heavy atom. The van der Waals surface area contributed by atoms with Crippen LogP contribution in [0, 0.1) is 0 Å². The zero-order valence-electron chi connectivity index (χ0n) is 18.0. The Kier molecular flexibility index (Phi) is 5.46. The number of benzene rings is 3. The van der Waals surface area contributed by atoms with Crippen LogP contribution in [0.15, 0.2) is 54.3 Å². The lowest BCUT2D eigenvalue weighted by Crippen LogP contribution is -2.31. The summed E-state index contributed by atoms with van der Waals surface area (Å²) in [4.78, 5) is 15.3. The molecular formula is C26H19Cl2NO5. The number of halogens is 2. The Hall–Kier alpha value is -3.03. The first kappa shape index (κ1) is 21.5. The fraction of sp³-hybridized carbons (Fsp3) is 0.192. The SMILES string of the molecule is O=C1/C(=C/c2cc(Cl)cc3c2OCOC3)Oc2c1ccc1c2CN(Cc2ccc(Cl)cc2)CO1. The molecule has 3 heterocycles. The Morgan fingerprint density at radius 1 is 0.971 bits per heavy atom. The van der Waals surface area contributed by atoms with Crippen molar-refractivity contribution in [1.29, 1.82) is 0 Å².